The van der Waals surface area contributed by atoms with Crippen LogP contribution in [0.25, 0.3) is 16.7 Å². The fraction of sp³-hybridized carbons (Fsp3) is 0.240. The van der Waals surface area contributed by atoms with Gasteiger partial charge in [0.15, 0.2) is 0 Å². The summed E-state index contributed by atoms with van der Waals surface area (Å²) in [5.74, 6) is -1.48. The fourth-order valence-electron chi connectivity index (χ4n) is 3.77. The predicted molar refractivity (Wildman–Crippen MR) is 134 cm³/mol. The number of nitrogens with one attached hydrogen (secondary N) is 2. The summed E-state index contributed by atoms with van der Waals surface area (Å²) in [4.78, 5) is 51.8. The first-order chi connectivity index (χ1) is 17.2. The van der Waals surface area contributed by atoms with Crippen LogP contribution >= 0.6 is 0 Å². The maximum Gasteiger partial charge on any atom is 0.352 e. The lowest BCUT2D eigenvalue weighted by Gasteiger charge is -2.12. The van der Waals surface area contributed by atoms with Crippen LogP contribution in [0.1, 0.15) is 30.6 Å². The topological polar surface area (TPSA) is 120 Å². The van der Waals surface area contributed by atoms with Gasteiger partial charge in [0.25, 0.3) is 11.5 Å². The quantitative estimate of drug-likeness (QED) is 0.366. The number of carbonyl (C=O) groups excluding carboxylic acids is 2. The fourth-order valence-corrected chi connectivity index (χ4v) is 3.77. The summed E-state index contributed by atoms with van der Waals surface area (Å²) < 4.78 is 16.8. The average Bonchev–Trinajstić information content (AvgIpc) is 3.16. The van der Waals surface area contributed by atoms with Crippen molar-refractivity contribution in [1.29, 1.82) is 0 Å². The smallest absolute Gasteiger partial charge is 0.350 e. The number of halogens is 1. The van der Waals surface area contributed by atoms with E-state index in [9.17, 15) is 23.6 Å². The van der Waals surface area contributed by atoms with Crippen molar-refractivity contribution >= 4 is 34.2 Å². The van der Waals surface area contributed by atoms with Crippen LogP contribution in [0.2, 0.25) is 0 Å². The van der Waals surface area contributed by atoms with E-state index in [4.69, 9.17) is 0 Å². The molecule has 1 atom stereocenters. The van der Waals surface area contributed by atoms with Gasteiger partial charge in [0.1, 0.15) is 12.4 Å². The van der Waals surface area contributed by atoms with Crippen LogP contribution in [0.4, 0.5) is 10.1 Å². The lowest BCUT2D eigenvalue weighted by molar-refractivity contribution is -0.117. The van der Waals surface area contributed by atoms with Crippen molar-refractivity contribution in [2.45, 2.75) is 39.4 Å². The molecule has 2 N–H and O–H groups in total. The van der Waals surface area contributed by atoms with Gasteiger partial charge >= 0.3 is 5.69 Å². The van der Waals surface area contributed by atoms with Gasteiger partial charge < -0.3 is 10.6 Å². The summed E-state index contributed by atoms with van der Waals surface area (Å²) in [6, 6.07) is 9.74. The first-order valence-electron chi connectivity index (χ1n) is 11.4. The lowest BCUT2D eigenvalue weighted by atomic mass is 10.1. The minimum Gasteiger partial charge on any atom is -0.350 e. The van der Waals surface area contributed by atoms with Crippen LogP contribution in [0.3, 0.4) is 0 Å². The second kappa shape index (κ2) is 9.98. The van der Waals surface area contributed by atoms with Crippen molar-refractivity contribution in [2.24, 2.45) is 0 Å². The number of amides is 2. The number of rotatable bonds is 8. The van der Waals surface area contributed by atoms with E-state index < -0.39 is 29.5 Å². The van der Waals surface area contributed by atoms with E-state index in [0.717, 1.165) is 17.2 Å². The minimum absolute atomic E-state index is 0.00422. The normalized spacial score (nSPS) is 12.0. The van der Waals surface area contributed by atoms with E-state index in [0.29, 0.717) is 0 Å². The maximum atomic E-state index is 13.4. The van der Waals surface area contributed by atoms with Gasteiger partial charge in [-0.05, 0) is 49.7 Å². The van der Waals surface area contributed by atoms with E-state index in [-0.39, 0.29) is 46.4 Å². The standard InChI is InChI=1S/C25H25FN6O4/c1-4-11-30-23(35)19-10-9-16(22(34)27-15(3)5-2)12-20(19)32-24(30)29-31(25(32)36)14-21(33)28-18-8-6-7-17(26)13-18/h4,6-10,12-13,15H,1,5,11,14H2,2-3H3,(H,27,34)(H,28,33)/t15-/m0/s1. The van der Waals surface area contributed by atoms with Gasteiger partial charge in [-0.15, -0.1) is 11.7 Å². The summed E-state index contributed by atoms with van der Waals surface area (Å²) in [5, 5.41) is 9.80. The summed E-state index contributed by atoms with van der Waals surface area (Å²) in [7, 11) is 0. The molecule has 2 aromatic carbocycles. The minimum atomic E-state index is -0.679. The van der Waals surface area contributed by atoms with Crippen molar-refractivity contribution in [3.63, 3.8) is 0 Å². The third-order valence-corrected chi connectivity index (χ3v) is 5.74. The number of aromatic nitrogens is 4. The number of carbonyl (C=O) groups is 2. The maximum absolute atomic E-state index is 13.4. The molecule has 0 spiro atoms. The first kappa shape index (κ1) is 24.6. The molecule has 0 radical (unpaired) electrons. The Kier molecular flexibility index (Phi) is 6.82. The molecule has 2 amide bonds. The highest BCUT2D eigenvalue weighted by Crippen LogP contribution is 2.15. The van der Waals surface area contributed by atoms with Crippen LogP contribution < -0.4 is 21.9 Å². The number of allylic oxidation sites excluding steroid dienone is 1. The molecule has 11 heteroatoms. The molecule has 0 aliphatic rings. The molecule has 2 aromatic heterocycles. The second-order valence-electron chi connectivity index (χ2n) is 8.35. The monoisotopic (exact) mass is 492 g/mol. The zero-order valence-corrected chi connectivity index (χ0v) is 19.8. The van der Waals surface area contributed by atoms with Crippen molar-refractivity contribution in [3.05, 3.63) is 87.3 Å². The van der Waals surface area contributed by atoms with E-state index in [2.05, 4.69) is 22.3 Å². The molecular weight excluding hydrogens is 467 g/mol. The number of anilines is 1. The summed E-state index contributed by atoms with van der Waals surface area (Å²) in [6.07, 6.45) is 2.22. The summed E-state index contributed by atoms with van der Waals surface area (Å²) in [6.45, 7) is 7.06. The molecule has 186 valence electrons. The molecule has 0 bridgehead atoms. The molecule has 0 aliphatic heterocycles. The first-order valence-corrected chi connectivity index (χ1v) is 11.4. The highest BCUT2D eigenvalue weighted by atomic mass is 19.1. The van der Waals surface area contributed by atoms with E-state index in [1.807, 2.05) is 13.8 Å². The summed E-state index contributed by atoms with van der Waals surface area (Å²) >= 11 is 0. The molecular formula is C25H25FN6O4. The van der Waals surface area contributed by atoms with E-state index in [1.165, 1.54) is 51.4 Å². The van der Waals surface area contributed by atoms with Crippen molar-refractivity contribution in [1.82, 2.24) is 24.1 Å². The van der Waals surface area contributed by atoms with Crippen LogP contribution in [-0.4, -0.2) is 36.6 Å². The number of nitrogens with zero attached hydrogens (tertiary/aromatic N) is 4. The Labute approximate surface area is 204 Å². The highest BCUT2D eigenvalue weighted by Gasteiger charge is 2.20. The van der Waals surface area contributed by atoms with Crippen LogP contribution in [0, 0.1) is 5.82 Å². The second-order valence-corrected chi connectivity index (χ2v) is 8.35. The van der Waals surface area contributed by atoms with Crippen LogP contribution in [0.5, 0.6) is 0 Å². The Morgan fingerprint density at radius 1 is 1.19 bits per heavy atom. The van der Waals surface area contributed by atoms with Crippen LogP contribution in [-0.2, 0) is 17.9 Å². The Hall–Kier alpha value is -4.54. The summed E-state index contributed by atoms with van der Waals surface area (Å²) in [5.41, 5.74) is -0.417. The zero-order valence-electron chi connectivity index (χ0n) is 19.8. The number of hydrogen-bond acceptors (Lipinski definition) is 5. The van der Waals surface area contributed by atoms with Gasteiger partial charge in [0.2, 0.25) is 11.7 Å². The van der Waals surface area contributed by atoms with Gasteiger partial charge in [-0.3, -0.25) is 19.0 Å². The molecule has 4 aromatic rings. The number of fused-ring (bicyclic) bond motifs is 3. The molecule has 0 aliphatic carbocycles. The van der Waals surface area contributed by atoms with Crippen LogP contribution in [0.15, 0.2) is 64.7 Å². The molecule has 4 rings (SSSR count). The van der Waals surface area contributed by atoms with Crippen molar-refractivity contribution in [2.75, 3.05) is 5.32 Å². The SMILES string of the molecule is C=CCn1c(=O)c2ccc(C(=O)N[C@@H](C)CC)cc2n2c(=O)n(CC(=O)Nc3cccc(F)c3)nc12. The Balaban J connectivity index is 1.83. The lowest BCUT2D eigenvalue weighted by Crippen LogP contribution is -2.32. The molecule has 36 heavy (non-hydrogen) atoms. The molecule has 2 heterocycles. The Bertz CT molecular complexity index is 1620. The third kappa shape index (κ3) is 4.67. The van der Waals surface area contributed by atoms with Gasteiger partial charge in [0.05, 0.1) is 10.9 Å². The predicted octanol–water partition coefficient (Wildman–Crippen LogP) is 2.30. The molecule has 0 unspecified atom stereocenters. The van der Waals surface area contributed by atoms with Crippen molar-refractivity contribution < 1.29 is 14.0 Å². The number of hydrogen-bond donors (Lipinski definition) is 2. The largest absolute Gasteiger partial charge is 0.352 e. The Morgan fingerprint density at radius 2 is 1.97 bits per heavy atom. The molecule has 0 saturated heterocycles. The van der Waals surface area contributed by atoms with Gasteiger partial charge in [-0.1, -0.05) is 19.1 Å². The number of benzene rings is 2. The zero-order chi connectivity index (χ0) is 26.0. The average molecular weight is 493 g/mol. The Morgan fingerprint density at radius 3 is 2.67 bits per heavy atom. The highest BCUT2D eigenvalue weighted by molar-refractivity contribution is 5.98. The van der Waals surface area contributed by atoms with Gasteiger partial charge in [-0.2, -0.15) is 0 Å². The third-order valence-electron chi connectivity index (χ3n) is 5.74. The van der Waals surface area contributed by atoms with E-state index >= 15 is 0 Å². The molecule has 10 nitrogen and oxygen atoms in total. The van der Waals surface area contributed by atoms with E-state index in [1.54, 1.807) is 0 Å². The van der Waals surface area contributed by atoms with Gasteiger partial charge in [0, 0.05) is 23.8 Å². The van der Waals surface area contributed by atoms with Crippen molar-refractivity contribution in [3.8, 4) is 0 Å². The molecule has 0 fully saturated rings. The molecule has 0 saturated carbocycles. The van der Waals surface area contributed by atoms with Gasteiger partial charge in [-0.25, -0.2) is 18.3 Å².